The van der Waals surface area contributed by atoms with Crippen molar-refractivity contribution in [2.45, 2.75) is 24.7 Å². The van der Waals surface area contributed by atoms with Crippen LogP contribution in [0.1, 0.15) is 18.9 Å². The second-order valence-corrected chi connectivity index (χ2v) is 5.24. The fourth-order valence-corrected chi connectivity index (χ4v) is 1.96. The summed E-state index contributed by atoms with van der Waals surface area (Å²) in [6.07, 6.45) is 2.76. The minimum Gasteiger partial charge on any atom is -0.280 e. The van der Waals surface area contributed by atoms with Gasteiger partial charge in [-0.3, -0.25) is 14.0 Å². The molecule has 0 spiro atoms. The molecule has 0 heterocycles. The van der Waals surface area contributed by atoms with Crippen LogP contribution < -0.4 is 5.84 Å². The van der Waals surface area contributed by atoms with Gasteiger partial charge in [0.1, 0.15) is 0 Å². The minimum absolute atomic E-state index is 0.0998. The standard InChI is InChI=1S/C12H18N2O2S/c1-3-8-14(13)12(15)9-10-4-6-11(7-5-10)17(2)16/h4-7H,3,8-9,13H2,1-2H3. The maximum Gasteiger partial charge on any atom is 0.240 e. The fourth-order valence-electron chi connectivity index (χ4n) is 1.44. The normalized spacial score (nSPS) is 12.2. The van der Waals surface area contributed by atoms with Gasteiger partial charge >= 0.3 is 0 Å². The van der Waals surface area contributed by atoms with E-state index in [1.54, 1.807) is 18.4 Å². The van der Waals surface area contributed by atoms with E-state index in [1.807, 2.05) is 19.1 Å². The molecular weight excluding hydrogens is 236 g/mol. The Bertz CT molecular complexity index is 403. The third-order valence-corrected chi connectivity index (χ3v) is 3.33. The molecule has 1 unspecified atom stereocenters. The summed E-state index contributed by atoms with van der Waals surface area (Å²) in [5, 5.41) is 1.24. The minimum atomic E-state index is -0.982. The fraction of sp³-hybridized carbons (Fsp3) is 0.417. The second kappa shape index (κ2) is 6.51. The third-order valence-electron chi connectivity index (χ3n) is 2.40. The summed E-state index contributed by atoms with van der Waals surface area (Å²) < 4.78 is 11.2. The first-order valence-electron chi connectivity index (χ1n) is 5.52. The van der Waals surface area contributed by atoms with Gasteiger partial charge in [-0.1, -0.05) is 19.1 Å². The smallest absolute Gasteiger partial charge is 0.240 e. The molecule has 0 bridgehead atoms. The number of hydrazine groups is 1. The molecule has 0 aromatic heterocycles. The van der Waals surface area contributed by atoms with Crippen molar-refractivity contribution in [2.24, 2.45) is 5.84 Å². The lowest BCUT2D eigenvalue weighted by atomic mass is 10.1. The summed E-state index contributed by atoms with van der Waals surface area (Å²) in [7, 11) is -0.982. The van der Waals surface area contributed by atoms with E-state index in [2.05, 4.69) is 0 Å². The highest BCUT2D eigenvalue weighted by Crippen LogP contribution is 2.08. The first-order chi connectivity index (χ1) is 8.04. The van der Waals surface area contributed by atoms with Crippen LogP contribution in [0, 0.1) is 0 Å². The summed E-state index contributed by atoms with van der Waals surface area (Å²) in [5.41, 5.74) is 0.885. The van der Waals surface area contributed by atoms with E-state index in [4.69, 9.17) is 5.84 Å². The highest BCUT2D eigenvalue weighted by atomic mass is 32.2. The number of benzene rings is 1. The zero-order valence-corrected chi connectivity index (χ0v) is 11.0. The average molecular weight is 254 g/mol. The summed E-state index contributed by atoms with van der Waals surface area (Å²) in [4.78, 5) is 12.4. The van der Waals surface area contributed by atoms with Crippen molar-refractivity contribution in [2.75, 3.05) is 12.8 Å². The molecule has 0 aliphatic heterocycles. The summed E-state index contributed by atoms with van der Waals surface area (Å²) in [5.74, 6) is 5.49. The topological polar surface area (TPSA) is 63.4 Å². The van der Waals surface area contributed by atoms with Gasteiger partial charge in [-0.05, 0) is 24.1 Å². The van der Waals surface area contributed by atoms with Gasteiger partial charge in [0.2, 0.25) is 5.91 Å². The predicted octanol–water partition coefficient (Wildman–Crippen LogP) is 1.08. The molecule has 5 heteroatoms. The first kappa shape index (κ1) is 13.9. The largest absolute Gasteiger partial charge is 0.280 e. The number of nitrogens with zero attached hydrogens (tertiary/aromatic N) is 1. The van der Waals surface area contributed by atoms with Crippen molar-refractivity contribution < 1.29 is 9.00 Å². The number of amides is 1. The first-order valence-corrected chi connectivity index (χ1v) is 7.07. The number of rotatable bonds is 5. The molecule has 0 aliphatic rings. The summed E-state index contributed by atoms with van der Waals surface area (Å²) in [6, 6.07) is 7.18. The molecule has 0 saturated carbocycles. The Balaban J connectivity index is 2.63. The van der Waals surface area contributed by atoms with Gasteiger partial charge in [-0.15, -0.1) is 0 Å². The molecule has 1 aromatic carbocycles. The van der Waals surface area contributed by atoms with Crippen LogP contribution in [0.5, 0.6) is 0 Å². The van der Waals surface area contributed by atoms with Gasteiger partial charge in [0.25, 0.3) is 0 Å². The van der Waals surface area contributed by atoms with Gasteiger partial charge in [0.15, 0.2) is 0 Å². The number of hydrogen-bond donors (Lipinski definition) is 1. The van der Waals surface area contributed by atoms with Crippen LogP contribution in [-0.4, -0.2) is 27.9 Å². The Labute approximate surface area is 104 Å². The Kier molecular flexibility index (Phi) is 5.31. The molecule has 1 atom stereocenters. The van der Waals surface area contributed by atoms with Crippen LogP contribution in [0.4, 0.5) is 0 Å². The van der Waals surface area contributed by atoms with Crippen LogP contribution in [0.2, 0.25) is 0 Å². The lowest BCUT2D eigenvalue weighted by Gasteiger charge is -2.15. The quantitative estimate of drug-likeness (QED) is 0.486. The lowest BCUT2D eigenvalue weighted by molar-refractivity contribution is -0.130. The Morgan fingerprint density at radius 3 is 2.41 bits per heavy atom. The van der Waals surface area contributed by atoms with Crippen molar-refractivity contribution in [3.63, 3.8) is 0 Å². The zero-order chi connectivity index (χ0) is 12.8. The lowest BCUT2D eigenvalue weighted by Crippen LogP contribution is -2.38. The van der Waals surface area contributed by atoms with Gasteiger partial charge in [-0.25, -0.2) is 5.84 Å². The molecule has 0 radical (unpaired) electrons. The van der Waals surface area contributed by atoms with Crippen LogP contribution in [0.25, 0.3) is 0 Å². The van der Waals surface area contributed by atoms with E-state index in [1.165, 1.54) is 5.01 Å². The van der Waals surface area contributed by atoms with E-state index in [-0.39, 0.29) is 12.3 Å². The molecule has 1 amide bonds. The van der Waals surface area contributed by atoms with E-state index in [0.29, 0.717) is 6.54 Å². The highest BCUT2D eigenvalue weighted by Gasteiger charge is 2.09. The van der Waals surface area contributed by atoms with Crippen molar-refractivity contribution in [1.82, 2.24) is 5.01 Å². The maximum absolute atomic E-state index is 11.7. The molecule has 1 rings (SSSR count). The van der Waals surface area contributed by atoms with Crippen molar-refractivity contribution in [3.8, 4) is 0 Å². The molecule has 1 aromatic rings. The van der Waals surface area contributed by atoms with Gasteiger partial charge in [0, 0.05) is 28.5 Å². The summed E-state index contributed by atoms with van der Waals surface area (Å²) >= 11 is 0. The summed E-state index contributed by atoms with van der Waals surface area (Å²) in [6.45, 7) is 2.54. The molecule has 2 N–H and O–H groups in total. The van der Waals surface area contributed by atoms with Gasteiger partial charge in [-0.2, -0.15) is 0 Å². The monoisotopic (exact) mass is 254 g/mol. The second-order valence-electron chi connectivity index (χ2n) is 3.86. The van der Waals surface area contributed by atoms with Crippen molar-refractivity contribution >= 4 is 16.7 Å². The molecule has 94 valence electrons. The van der Waals surface area contributed by atoms with Gasteiger partial charge < -0.3 is 0 Å². The van der Waals surface area contributed by atoms with Gasteiger partial charge in [0.05, 0.1) is 6.42 Å². The van der Waals surface area contributed by atoms with E-state index in [0.717, 1.165) is 16.9 Å². The van der Waals surface area contributed by atoms with E-state index >= 15 is 0 Å². The third kappa shape index (κ3) is 4.28. The molecule has 0 fully saturated rings. The Hall–Kier alpha value is -1.20. The number of carbonyl (C=O) groups excluding carboxylic acids is 1. The van der Waals surface area contributed by atoms with Crippen LogP contribution in [-0.2, 0) is 22.0 Å². The zero-order valence-electron chi connectivity index (χ0n) is 10.2. The predicted molar refractivity (Wildman–Crippen MR) is 68.7 cm³/mol. The van der Waals surface area contributed by atoms with Crippen molar-refractivity contribution in [3.05, 3.63) is 29.8 Å². The highest BCUT2D eigenvalue weighted by molar-refractivity contribution is 7.84. The number of hydrogen-bond acceptors (Lipinski definition) is 3. The molecule has 4 nitrogen and oxygen atoms in total. The molecule has 0 aliphatic carbocycles. The van der Waals surface area contributed by atoms with Crippen LogP contribution >= 0.6 is 0 Å². The number of nitrogens with two attached hydrogens (primary N) is 1. The SMILES string of the molecule is CCCN(N)C(=O)Cc1ccc(S(C)=O)cc1. The van der Waals surface area contributed by atoms with Crippen molar-refractivity contribution in [1.29, 1.82) is 0 Å². The van der Waals surface area contributed by atoms with Crippen LogP contribution in [0.15, 0.2) is 29.2 Å². The average Bonchev–Trinajstić information content (AvgIpc) is 2.30. The van der Waals surface area contributed by atoms with E-state index in [9.17, 15) is 9.00 Å². The molecule has 17 heavy (non-hydrogen) atoms. The van der Waals surface area contributed by atoms with Crippen LogP contribution in [0.3, 0.4) is 0 Å². The molecule has 0 saturated heterocycles. The maximum atomic E-state index is 11.7. The number of carbonyl (C=O) groups is 1. The Morgan fingerprint density at radius 1 is 1.35 bits per heavy atom. The van der Waals surface area contributed by atoms with E-state index < -0.39 is 10.8 Å². The Morgan fingerprint density at radius 2 is 1.94 bits per heavy atom. The molecular formula is C12H18N2O2S.